The predicted molar refractivity (Wildman–Crippen MR) is 187 cm³/mol. The summed E-state index contributed by atoms with van der Waals surface area (Å²) >= 11 is 0. The second kappa shape index (κ2) is 43.6. The second-order valence-electron chi connectivity index (χ2n) is 7.02. The molecule has 2 heterocycles. The van der Waals surface area contributed by atoms with Crippen molar-refractivity contribution in [2.45, 2.75) is 6.92 Å². The lowest BCUT2D eigenvalue weighted by atomic mass is 10.3. The van der Waals surface area contributed by atoms with Crippen LogP contribution in [0, 0.1) is 0 Å². The Morgan fingerprint density at radius 1 is 0.574 bits per heavy atom. The van der Waals surface area contributed by atoms with Crippen molar-refractivity contribution in [1.29, 1.82) is 0 Å². The number of ketones is 1. The number of carbonyl (C=O) groups is 2. The van der Waals surface area contributed by atoms with E-state index in [0.29, 0.717) is 0 Å². The molecule has 0 fully saturated rings. The molecule has 16 nitrogen and oxygen atoms in total. The first-order valence-electron chi connectivity index (χ1n) is 12.7. The van der Waals surface area contributed by atoms with Gasteiger partial charge in [-0.25, -0.2) is 4.79 Å². The third-order valence-corrected chi connectivity index (χ3v) is 7.35. The Balaban J connectivity index is -0.000000486. The van der Waals surface area contributed by atoms with Gasteiger partial charge in [0.15, 0.2) is 63.6 Å². The molecule has 0 saturated heterocycles. The lowest BCUT2D eigenvalue weighted by Crippen LogP contribution is -2.12. The van der Waals surface area contributed by atoms with Crippen LogP contribution < -0.4 is 9.47 Å². The predicted octanol–water partition coefficient (Wildman–Crippen LogP) is 6.20. The normalized spacial score (nSPS) is 9.45. The van der Waals surface area contributed by atoms with E-state index in [1.165, 1.54) is 35.4 Å². The SMILES string of the molecule is COCC(C)=O.COCO.COCOC(=O)COC.COc1ccccc1.COc1ccccc1.n1pnpnp1.n1pnpnp1. The molecule has 0 saturated carbocycles. The van der Waals surface area contributed by atoms with Crippen molar-refractivity contribution < 1.29 is 47.9 Å². The topological polar surface area (TPSA) is 196 Å². The van der Waals surface area contributed by atoms with Crippen LogP contribution in [0.4, 0.5) is 0 Å². The molecule has 47 heavy (non-hydrogen) atoms. The van der Waals surface area contributed by atoms with Gasteiger partial charge in [-0.15, -0.1) is 0 Å². The zero-order valence-corrected chi connectivity index (χ0v) is 32.5. The van der Waals surface area contributed by atoms with Crippen LogP contribution >= 0.6 is 51.1 Å². The summed E-state index contributed by atoms with van der Waals surface area (Å²) in [6, 6.07) is 19.4. The number of rotatable bonds is 9. The number of methoxy groups -OCH3 is 6. The molecule has 4 rings (SSSR count). The number of para-hydroxylation sites is 2. The summed E-state index contributed by atoms with van der Waals surface area (Å²) in [6.07, 6.45) is 0. The first kappa shape index (κ1) is 49.0. The largest absolute Gasteiger partial charge is 0.497 e. The quantitative estimate of drug-likeness (QED) is 0.149. The van der Waals surface area contributed by atoms with E-state index in [-0.39, 0.29) is 32.6 Å². The average Bonchev–Trinajstić information content (AvgIpc) is 3.14. The molecule has 260 valence electrons. The smallest absolute Gasteiger partial charge is 0.334 e. The molecule has 0 radical (unpaired) electrons. The van der Waals surface area contributed by atoms with Gasteiger partial charge in [-0.05, 0) is 31.2 Å². The van der Waals surface area contributed by atoms with Crippen molar-refractivity contribution in [3.8, 4) is 11.5 Å². The number of hydrogen-bond acceptors (Lipinski definition) is 16. The molecule has 0 bridgehead atoms. The Bertz CT molecular complexity index is 1040. The highest BCUT2D eigenvalue weighted by atomic mass is 31.1. The van der Waals surface area contributed by atoms with Gasteiger partial charge in [0.1, 0.15) is 31.5 Å². The highest BCUT2D eigenvalue weighted by Gasteiger charge is 1.98. The molecule has 0 amide bonds. The first-order chi connectivity index (χ1) is 22.9. The van der Waals surface area contributed by atoms with Gasteiger partial charge < -0.3 is 38.3 Å². The Morgan fingerprint density at radius 3 is 1.09 bits per heavy atom. The summed E-state index contributed by atoms with van der Waals surface area (Å²) < 4.78 is 54.4. The number of aliphatic hydroxyl groups is 1. The van der Waals surface area contributed by atoms with E-state index in [9.17, 15) is 9.59 Å². The summed E-state index contributed by atoms with van der Waals surface area (Å²) in [6.45, 7) is 1.51. The summed E-state index contributed by atoms with van der Waals surface area (Å²) in [5.74, 6) is 1.47. The van der Waals surface area contributed by atoms with E-state index in [2.05, 4.69) is 50.7 Å². The van der Waals surface area contributed by atoms with E-state index < -0.39 is 5.97 Å². The Hall–Kier alpha value is -2.42. The van der Waals surface area contributed by atoms with E-state index >= 15 is 0 Å². The van der Waals surface area contributed by atoms with Crippen molar-refractivity contribution in [2.24, 2.45) is 0 Å². The van der Waals surface area contributed by atoms with Crippen LogP contribution in [-0.2, 0) is 33.3 Å². The zero-order valence-electron chi connectivity index (χ0n) is 27.1. The maximum Gasteiger partial charge on any atom is 0.334 e. The van der Waals surface area contributed by atoms with Gasteiger partial charge in [0.25, 0.3) is 0 Å². The number of esters is 1. The Kier molecular flexibility index (Phi) is 45.4. The monoisotopic (exact) mass is 770 g/mol. The third kappa shape index (κ3) is 45.8. The number of hydrogen-bond donors (Lipinski definition) is 1. The first-order valence-corrected chi connectivity index (χ1v) is 17.5. The van der Waals surface area contributed by atoms with Gasteiger partial charge in [-0.2, -0.15) is 27.1 Å². The maximum absolute atomic E-state index is 10.4. The minimum Gasteiger partial charge on any atom is -0.497 e. The van der Waals surface area contributed by atoms with Crippen molar-refractivity contribution >= 4 is 62.8 Å². The molecule has 0 aliphatic carbocycles. The van der Waals surface area contributed by atoms with Gasteiger partial charge >= 0.3 is 5.97 Å². The number of nitrogens with zero attached hydrogens (tertiary/aromatic N) is 6. The van der Waals surface area contributed by atoms with E-state index in [1.807, 2.05) is 60.7 Å². The fourth-order valence-corrected chi connectivity index (χ4v) is 5.46. The maximum atomic E-state index is 10.4. The van der Waals surface area contributed by atoms with Crippen LogP contribution in [0.2, 0.25) is 0 Å². The van der Waals surface area contributed by atoms with Crippen molar-refractivity contribution in [2.75, 3.05) is 69.5 Å². The molecule has 4 aromatic rings. The number of carbonyl (C=O) groups excluding carboxylic acids is 2. The zero-order chi connectivity index (χ0) is 35.6. The van der Waals surface area contributed by atoms with Gasteiger partial charge in [0.2, 0.25) is 0 Å². The molecule has 1 N–H and O–H groups in total. The van der Waals surface area contributed by atoms with Crippen LogP contribution in [-0.4, -0.2) is 113 Å². The standard InChI is InChI=1S/2C7H8O.C5H10O4.C4H8O2.C2H6O2.2N3P3/c2*1-8-7-5-3-2-4-6-7;1-7-3-5(6)9-4-8-2;1-4(5)3-6-2;1-4-2-3;2*1-4-2-6-3-5-1/h2*2-6H,1H3;3-4H2,1-2H3;3H2,1-2H3;3H,2H2,1H3;;. The highest BCUT2D eigenvalue weighted by molar-refractivity contribution is 7.44. The molecule has 2 aromatic heterocycles. The molecule has 2 aromatic carbocycles. The number of aromatic nitrogens is 6. The molecular weight excluding hydrogens is 730 g/mol. The fraction of sp³-hybridized carbons (Fsp3) is 0.440. The minimum absolute atomic E-state index is 0.0117. The molecule has 0 aliphatic rings. The minimum atomic E-state index is -0.417. The number of ether oxygens (including phenoxy) is 7. The van der Waals surface area contributed by atoms with E-state index in [0.717, 1.165) is 62.6 Å². The number of Topliss-reactive ketones (excluding diaryl/α,β-unsaturated/α-hetero) is 1. The molecule has 0 spiro atoms. The van der Waals surface area contributed by atoms with Crippen LogP contribution in [0.3, 0.4) is 0 Å². The van der Waals surface area contributed by atoms with Gasteiger partial charge in [0, 0.05) is 28.4 Å². The second-order valence-corrected chi connectivity index (χ2v) is 12.4. The lowest BCUT2D eigenvalue weighted by molar-refractivity contribution is -0.158. The average molecular weight is 770 g/mol. The van der Waals surface area contributed by atoms with Crippen molar-refractivity contribution in [1.82, 2.24) is 27.1 Å². The molecule has 0 atom stereocenters. The van der Waals surface area contributed by atoms with Crippen molar-refractivity contribution in [3.05, 3.63) is 60.7 Å². The summed E-state index contributed by atoms with van der Waals surface area (Å²) in [5.41, 5.74) is 0. The summed E-state index contributed by atoms with van der Waals surface area (Å²) in [7, 11) is 14.1. The Morgan fingerprint density at radius 2 is 0.915 bits per heavy atom. The molecular formula is C25H40N6O10P6. The van der Waals surface area contributed by atoms with Gasteiger partial charge in [-0.3, -0.25) is 4.79 Å². The van der Waals surface area contributed by atoms with Gasteiger partial charge in [0.05, 0.1) is 14.2 Å². The lowest BCUT2D eigenvalue weighted by Gasteiger charge is -1.99. The number of aliphatic hydroxyl groups excluding tert-OH is 1. The molecule has 22 heteroatoms. The fourth-order valence-electron chi connectivity index (χ4n) is 1.82. The molecule has 0 aliphatic heterocycles. The van der Waals surface area contributed by atoms with E-state index in [4.69, 9.17) is 14.6 Å². The van der Waals surface area contributed by atoms with E-state index in [1.54, 1.807) is 14.2 Å². The van der Waals surface area contributed by atoms with Crippen LogP contribution in [0.5, 0.6) is 11.5 Å². The van der Waals surface area contributed by atoms with Crippen LogP contribution in [0.1, 0.15) is 6.92 Å². The number of benzene rings is 2. The van der Waals surface area contributed by atoms with Crippen molar-refractivity contribution in [3.63, 3.8) is 0 Å². The van der Waals surface area contributed by atoms with Gasteiger partial charge in [-0.1, -0.05) is 36.4 Å². The highest BCUT2D eigenvalue weighted by Crippen LogP contribution is 2.06. The van der Waals surface area contributed by atoms with Crippen LogP contribution in [0.25, 0.3) is 0 Å². The Labute approximate surface area is 285 Å². The third-order valence-electron chi connectivity index (χ3n) is 3.51. The van der Waals surface area contributed by atoms with Crippen LogP contribution in [0.15, 0.2) is 60.7 Å². The summed E-state index contributed by atoms with van der Waals surface area (Å²) in [5, 5.41) is 7.65. The summed E-state index contributed by atoms with van der Waals surface area (Å²) in [4.78, 5) is 20.3. The molecule has 0 unspecified atom stereocenters.